The molecule has 3 rings (SSSR count). The van der Waals surface area contributed by atoms with E-state index in [1.54, 1.807) is 0 Å². The van der Waals surface area contributed by atoms with Crippen molar-refractivity contribution in [2.75, 3.05) is 0 Å². The molecule has 0 spiro atoms. The number of hydrogen-bond acceptors (Lipinski definition) is 3. The molecule has 24 heavy (non-hydrogen) atoms. The van der Waals surface area contributed by atoms with Gasteiger partial charge in [0.2, 0.25) is 0 Å². The maximum atomic E-state index is 9.49. The summed E-state index contributed by atoms with van der Waals surface area (Å²) in [7, 11) is 0. The van der Waals surface area contributed by atoms with Gasteiger partial charge in [-0.15, -0.1) is 11.3 Å². The van der Waals surface area contributed by atoms with Crippen molar-refractivity contribution in [1.82, 2.24) is 4.98 Å². The second-order valence-electron chi connectivity index (χ2n) is 5.58. The number of benzene rings is 2. The zero-order valence-corrected chi connectivity index (χ0v) is 14.9. The second kappa shape index (κ2) is 7.00. The summed E-state index contributed by atoms with van der Waals surface area (Å²) in [6.07, 6.45) is 1.83. The lowest BCUT2D eigenvalue weighted by molar-refractivity contribution is 1.32. The quantitative estimate of drug-likeness (QED) is 0.531. The Morgan fingerprint density at radius 1 is 1.17 bits per heavy atom. The first kappa shape index (κ1) is 16.4. The number of aromatic nitrogens is 1. The fraction of sp³-hybridized carbons (Fsp3) is 0.100. The van der Waals surface area contributed by atoms with Crippen molar-refractivity contribution in [1.29, 1.82) is 5.26 Å². The maximum absolute atomic E-state index is 9.49. The van der Waals surface area contributed by atoms with Crippen LogP contribution in [0.4, 0.5) is 0 Å². The van der Waals surface area contributed by atoms with Crippen LogP contribution in [0.3, 0.4) is 0 Å². The van der Waals surface area contributed by atoms with Crippen LogP contribution in [0.1, 0.15) is 21.7 Å². The molecule has 118 valence electrons. The predicted molar refractivity (Wildman–Crippen MR) is 102 cm³/mol. The van der Waals surface area contributed by atoms with Crippen molar-refractivity contribution in [2.45, 2.75) is 13.8 Å². The van der Waals surface area contributed by atoms with Gasteiger partial charge in [-0.2, -0.15) is 5.26 Å². The smallest absolute Gasteiger partial charge is 0.134 e. The summed E-state index contributed by atoms with van der Waals surface area (Å²) < 4.78 is 0. The van der Waals surface area contributed by atoms with Crippen molar-refractivity contribution < 1.29 is 0 Å². The Balaban J connectivity index is 1.96. The van der Waals surface area contributed by atoms with E-state index in [1.807, 2.05) is 35.7 Å². The normalized spacial score (nSPS) is 11.3. The number of allylic oxidation sites excluding steroid dienone is 1. The van der Waals surface area contributed by atoms with Crippen LogP contribution in [0.15, 0.2) is 47.8 Å². The molecule has 0 fully saturated rings. The van der Waals surface area contributed by atoms with Gasteiger partial charge in [0.15, 0.2) is 0 Å². The minimum atomic E-state index is 0.554. The van der Waals surface area contributed by atoms with Crippen molar-refractivity contribution in [3.63, 3.8) is 0 Å². The SMILES string of the molecule is Cc1ccc(-c2csc(C(C#N)=Cc3ccc(Cl)cc3)n2)c(C)c1. The van der Waals surface area contributed by atoms with Crippen LogP contribution in [0.25, 0.3) is 22.9 Å². The average Bonchev–Trinajstić information content (AvgIpc) is 3.04. The molecule has 0 N–H and O–H groups in total. The molecule has 0 atom stereocenters. The van der Waals surface area contributed by atoms with Gasteiger partial charge in [-0.05, 0) is 43.2 Å². The standard InChI is InChI=1S/C20H15ClN2S/c1-13-3-8-18(14(2)9-13)19-12-24-20(23-19)16(11-22)10-15-4-6-17(21)7-5-15/h3-10,12H,1-2H3. The zero-order valence-electron chi connectivity index (χ0n) is 13.4. The minimum absolute atomic E-state index is 0.554. The van der Waals surface area contributed by atoms with Gasteiger partial charge in [-0.25, -0.2) is 4.98 Å². The van der Waals surface area contributed by atoms with E-state index in [1.165, 1.54) is 22.5 Å². The summed E-state index contributed by atoms with van der Waals surface area (Å²) in [5.41, 5.74) is 5.91. The number of nitriles is 1. The molecule has 3 aromatic rings. The van der Waals surface area contributed by atoms with Crippen molar-refractivity contribution in [2.24, 2.45) is 0 Å². The Hall–Kier alpha value is -2.41. The summed E-state index contributed by atoms with van der Waals surface area (Å²) in [6, 6.07) is 15.9. The van der Waals surface area contributed by atoms with Gasteiger partial charge in [-0.3, -0.25) is 0 Å². The van der Waals surface area contributed by atoms with Gasteiger partial charge in [0.25, 0.3) is 0 Å². The molecule has 1 aromatic heterocycles. The summed E-state index contributed by atoms with van der Waals surface area (Å²) in [5, 5.41) is 12.9. The third kappa shape index (κ3) is 3.56. The van der Waals surface area contributed by atoms with Gasteiger partial charge in [-0.1, -0.05) is 47.5 Å². The van der Waals surface area contributed by atoms with E-state index >= 15 is 0 Å². The summed E-state index contributed by atoms with van der Waals surface area (Å²) in [5.74, 6) is 0. The van der Waals surface area contributed by atoms with Crippen LogP contribution < -0.4 is 0 Å². The molecular formula is C20H15ClN2S. The minimum Gasteiger partial charge on any atom is -0.235 e. The number of halogens is 1. The number of nitrogens with zero attached hydrogens (tertiary/aromatic N) is 2. The van der Waals surface area contributed by atoms with E-state index in [9.17, 15) is 5.26 Å². The Bertz CT molecular complexity index is 947. The predicted octanol–water partition coefficient (Wildman–Crippen LogP) is 6.14. The molecule has 0 radical (unpaired) electrons. The number of hydrogen-bond donors (Lipinski definition) is 0. The summed E-state index contributed by atoms with van der Waals surface area (Å²) >= 11 is 7.38. The highest BCUT2D eigenvalue weighted by Gasteiger charge is 2.10. The van der Waals surface area contributed by atoms with Crippen molar-refractivity contribution >= 4 is 34.6 Å². The highest BCUT2D eigenvalue weighted by atomic mass is 35.5. The first-order valence-corrected chi connectivity index (χ1v) is 8.73. The van der Waals surface area contributed by atoms with E-state index in [2.05, 4.69) is 43.1 Å². The van der Waals surface area contributed by atoms with Gasteiger partial charge in [0.05, 0.1) is 11.3 Å². The topological polar surface area (TPSA) is 36.7 Å². The third-order valence-corrected chi connectivity index (χ3v) is 4.82. The largest absolute Gasteiger partial charge is 0.235 e. The molecule has 0 aliphatic carbocycles. The molecule has 0 bridgehead atoms. The first-order valence-electron chi connectivity index (χ1n) is 7.48. The molecule has 0 saturated heterocycles. The van der Waals surface area contributed by atoms with Crippen LogP contribution in [-0.4, -0.2) is 4.98 Å². The van der Waals surface area contributed by atoms with Crippen LogP contribution in [0.5, 0.6) is 0 Å². The van der Waals surface area contributed by atoms with E-state index in [0.29, 0.717) is 10.6 Å². The van der Waals surface area contributed by atoms with Crippen molar-refractivity contribution in [3.05, 3.63) is 74.6 Å². The Morgan fingerprint density at radius 3 is 2.58 bits per heavy atom. The van der Waals surface area contributed by atoms with Crippen LogP contribution >= 0.6 is 22.9 Å². The van der Waals surface area contributed by atoms with Gasteiger partial charge < -0.3 is 0 Å². The molecule has 1 heterocycles. The van der Waals surface area contributed by atoms with E-state index in [0.717, 1.165) is 21.8 Å². The maximum Gasteiger partial charge on any atom is 0.134 e. The van der Waals surface area contributed by atoms with Crippen LogP contribution in [0.2, 0.25) is 5.02 Å². The van der Waals surface area contributed by atoms with Crippen LogP contribution in [0, 0.1) is 25.2 Å². The average molecular weight is 351 g/mol. The molecular weight excluding hydrogens is 336 g/mol. The summed E-state index contributed by atoms with van der Waals surface area (Å²) in [6.45, 7) is 4.15. The molecule has 0 unspecified atom stereocenters. The Kier molecular flexibility index (Phi) is 4.80. The lowest BCUT2D eigenvalue weighted by atomic mass is 10.0. The number of rotatable bonds is 3. The third-order valence-electron chi connectivity index (χ3n) is 3.69. The Morgan fingerprint density at radius 2 is 1.92 bits per heavy atom. The number of thiazole rings is 1. The fourth-order valence-corrected chi connectivity index (χ4v) is 3.40. The monoisotopic (exact) mass is 350 g/mol. The Labute approximate surface area is 150 Å². The lowest BCUT2D eigenvalue weighted by Crippen LogP contribution is -1.86. The summed E-state index contributed by atoms with van der Waals surface area (Å²) in [4.78, 5) is 4.66. The van der Waals surface area contributed by atoms with Crippen LogP contribution in [-0.2, 0) is 0 Å². The van der Waals surface area contributed by atoms with Gasteiger partial charge in [0, 0.05) is 16.0 Å². The van der Waals surface area contributed by atoms with E-state index in [-0.39, 0.29) is 0 Å². The second-order valence-corrected chi connectivity index (χ2v) is 6.87. The molecule has 0 amide bonds. The first-order chi connectivity index (χ1) is 11.6. The number of aryl methyl sites for hydroxylation is 2. The molecule has 2 aromatic carbocycles. The zero-order chi connectivity index (χ0) is 17.1. The van der Waals surface area contributed by atoms with Gasteiger partial charge in [0.1, 0.15) is 11.1 Å². The molecule has 0 aliphatic heterocycles. The fourth-order valence-electron chi connectivity index (χ4n) is 2.49. The molecule has 4 heteroatoms. The lowest BCUT2D eigenvalue weighted by Gasteiger charge is -2.03. The van der Waals surface area contributed by atoms with Gasteiger partial charge >= 0.3 is 0 Å². The molecule has 0 saturated carbocycles. The highest BCUT2D eigenvalue weighted by molar-refractivity contribution is 7.11. The van der Waals surface area contributed by atoms with E-state index in [4.69, 9.17) is 11.6 Å². The van der Waals surface area contributed by atoms with E-state index < -0.39 is 0 Å². The highest BCUT2D eigenvalue weighted by Crippen LogP contribution is 2.29. The molecule has 0 aliphatic rings. The van der Waals surface area contributed by atoms with Crippen molar-refractivity contribution in [3.8, 4) is 17.3 Å². The molecule has 2 nitrogen and oxygen atoms in total.